The number of likely N-dealkylation sites (N-methyl/N-ethyl adjacent to an activating group) is 1. The number of hydrogen-bond acceptors (Lipinski definition) is 3. The number of nitrogens with zero attached hydrogens (tertiary/aromatic N) is 3. The Balaban J connectivity index is 2.30. The number of aryl methyl sites for hydroxylation is 1. The monoisotopic (exact) mass is 208 g/mol. The first-order valence-corrected chi connectivity index (χ1v) is 5.59. The first-order valence-electron chi connectivity index (χ1n) is 5.59. The summed E-state index contributed by atoms with van der Waals surface area (Å²) in [7, 11) is 6.22. The van der Waals surface area contributed by atoms with E-state index in [1.807, 2.05) is 18.8 Å². The fourth-order valence-electron chi connectivity index (χ4n) is 2.25. The van der Waals surface area contributed by atoms with Crippen LogP contribution in [0.3, 0.4) is 0 Å². The van der Waals surface area contributed by atoms with Crippen LogP contribution in [0.25, 0.3) is 0 Å². The molecule has 0 bridgehead atoms. The SMILES string of the molecule is CNCc1c2c(nn1C)CCN(C)CC2. The van der Waals surface area contributed by atoms with Gasteiger partial charge in [-0.05, 0) is 26.1 Å². The van der Waals surface area contributed by atoms with Gasteiger partial charge >= 0.3 is 0 Å². The van der Waals surface area contributed by atoms with Crippen molar-refractivity contribution in [2.75, 3.05) is 27.2 Å². The van der Waals surface area contributed by atoms with Crippen molar-refractivity contribution in [3.63, 3.8) is 0 Å². The van der Waals surface area contributed by atoms with Gasteiger partial charge in [-0.2, -0.15) is 5.10 Å². The van der Waals surface area contributed by atoms with Gasteiger partial charge in [0.1, 0.15) is 0 Å². The molecule has 4 heteroatoms. The van der Waals surface area contributed by atoms with Crippen molar-refractivity contribution in [3.05, 3.63) is 17.0 Å². The van der Waals surface area contributed by atoms with Crippen LogP contribution in [0.15, 0.2) is 0 Å². The summed E-state index contributed by atoms with van der Waals surface area (Å²) in [4.78, 5) is 2.38. The molecule has 0 aromatic carbocycles. The van der Waals surface area contributed by atoms with E-state index in [0.29, 0.717) is 0 Å². The standard InChI is InChI=1S/C11H20N4/c1-12-8-11-9-4-6-14(2)7-5-10(9)13-15(11)3/h12H,4-8H2,1-3H3. The molecule has 15 heavy (non-hydrogen) atoms. The van der Waals surface area contributed by atoms with E-state index < -0.39 is 0 Å². The van der Waals surface area contributed by atoms with E-state index in [4.69, 9.17) is 0 Å². The summed E-state index contributed by atoms with van der Waals surface area (Å²) < 4.78 is 2.03. The Labute approximate surface area is 91.3 Å². The Morgan fingerprint density at radius 3 is 2.73 bits per heavy atom. The Morgan fingerprint density at radius 2 is 2.00 bits per heavy atom. The van der Waals surface area contributed by atoms with Gasteiger partial charge in [0, 0.05) is 33.1 Å². The minimum absolute atomic E-state index is 0.919. The second-order valence-corrected chi connectivity index (χ2v) is 4.33. The molecule has 0 saturated heterocycles. The average Bonchev–Trinajstić information content (AvgIpc) is 2.38. The molecule has 2 rings (SSSR count). The third-order valence-corrected chi connectivity index (χ3v) is 3.18. The van der Waals surface area contributed by atoms with Crippen LogP contribution >= 0.6 is 0 Å². The van der Waals surface area contributed by atoms with E-state index in [1.54, 1.807) is 0 Å². The Kier molecular flexibility index (Phi) is 3.07. The second kappa shape index (κ2) is 4.33. The minimum Gasteiger partial charge on any atom is -0.314 e. The lowest BCUT2D eigenvalue weighted by molar-refractivity contribution is 0.350. The van der Waals surface area contributed by atoms with Crippen molar-refractivity contribution in [2.45, 2.75) is 19.4 Å². The van der Waals surface area contributed by atoms with Gasteiger partial charge < -0.3 is 10.2 Å². The minimum atomic E-state index is 0.919. The number of hydrogen-bond donors (Lipinski definition) is 1. The molecule has 0 unspecified atom stereocenters. The molecule has 1 aliphatic rings. The zero-order valence-corrected chi connectivity index (χ0v) is 9.88. The van der Waals surface area contributed by atoms with Gasteiger partial charge in [0.15, 0.2) is 0 Å². The van der Waals surface area contributed by atoms with Crippen molar-refractivity contribution in [1.29, 1.82) is 0 Å². The quantitative estimate of drug-likeness (QED) is 0.752. The van der Waals surface area contributed by atoms with Crippen LogP contribution in [-0.4, -0.2) is 41.9 Å². The van der Waals surface area contributed by atoms with E-state index in [9.17, 15) is 0 Å². The number of fused-ring (bicyclic) bond motifs is 1. The summed E-state index contributed by atoms with van der Waals surface area (Å²) in [6.07, 6.45) is 2.22. The maximum atomic E-state index is 4.61. The fraction of sp³-hybridized carbons (Fsp3) is 0.727. The highest BCUT2D eigenvalue weighted by Gasteiger charge is 2.18. The van der Waals surface area contributed by atoms with E-state index in [1.165, 1.54) is 17.0 Å². The smallest absolute Gasteiger partial charge is 0.0673 e. The summed E-state index contributed by atoms with van der Waals surface area (Å²) in [5.74, 6) is 0. The molecular formula is C11H20N4. The van der Waals surface area contributed by atoms with Crippen molar-refractivity contribution in [3.8, 4) is 0 Å². The fourth-order valence-corrected chi connectivity index (χ4v) is 2.25. The zero-order chi connectivity index (χ0) is 10.8. The van der Waals surface area contributed by atoms with Crippen LogP contribution in [0.4, 0.5) is 0 Å². The number of nitrogens with one attached hydrogen (secondary N) is 1. The summed E-state index contributed by atoms with van der Waals surface area (Å²) in [6.45, 7) is 3.20. The molecule has 0 spiro atoms. The number of rotatable bonds is 2. The summed E-state index contributed by atoms with van der Waals surface area (Å²) in [5, 5.41) is 7.83. The highest BCUT2D eigenvalue weighted by Crippen LogP contribution is 2.18. The molecule has 0 atom stereocenters. The van der Waals surface area contributed by atoms with Crippen LogP contribution in [-0.2, 0) is 26.4 Å². The Bertz CT molecular complexity index is 343. The van der Waals surface area contributed by atoms with Crippen LogP contribution in [0.1, 0.15) is 17.0 Å². The summed E-state index contributed by atoms with van der Waals surface area (Å²) >= 11 is 0. The molecule has 4 nitrogen and oxygen atoms in total. The largest absolute Gasteiger partial charge is 0.314 e. The van der Waals surface area contributed by atoms with Crippen LogP contribution in [0.2, 0.25) is 0 Å². The topological polar surface area (TPSA) is 33.1 Å². The van der Waals surface area contributed by atoms with Gasteiger partial charge in [0.2, 0.25) is 0 Å². The van der Waals surface area contributed by atoms with Gasteiger partial charge in [-0.3, -0.25) is 4.68 Å². The molecule has 84 valence electrons. The van der Waals surface area contributed by atoms with Crippen molar-refractivity contribution in [1.82, 2.24) is 20.0 Å². The molecular weight excluding hydrogens is 188 g/mol. The summed E-state index contributed by atoms with van der Waals surface area (Å²) in [5.41, 5.74) is 4.12. The Hall–Kier alpha value is -0.870. The molecule has 0 radical (unpaired) electrons. The molecule has 0 saturated carbocycles. The van der Waals surface area contributed by atoms with Gasteiger partial charge in [0.05, 0.1) is 11.4 Å². The van der Waals surface area contributed by atoms with Gasteiger partial charge in [0.25, 0.3) is 0 Å². The van der Waals surface area contributed by atoms with Crippen molar-refractivity contribution >= 4 is 0 Å². The van der Waals surface area contributed by atoms with Gasteiger partial charge in [-0.25, -0.2) is 0 Å². The van der Waals surface area contributed by atoms with Crippen molar-refractivity contribution in [2.24, 2.45) is 7.05 Å². The third-order valence-electron chi connectivity index (χ3n) is 3.18. The highest BCUT2D eigenvalue weighted by molar-refractivity contribution is 5.28. The van der Waals surface area contributed by atoms with Gasteiger partial charge in [-0.1, -0.05) is 0 Å². The molecule has 1 aromatic heterocycles. The number of aromatic nitrogens is 2. The lowest BCUT2D eigenvalue weighted by atomic mass is 10.1. The van der Waals surface area contributed by atoms with E-state index in [0.717, 1.165) is 32.5 Å². The zero-order valence-electron chi connectivity index (χ0n) is 9.88. The lowest BCUT2D eigenvalue weighted by Gasteiger charge is -2.12. The molecule has 1 aliphatic heterocycles. The van der Waals surface area contributed by atoms with Crippen LogP contribution in [0, 0.1) is 0 Å². The highest BCUT2D eigenvalue weighted by atomic mass is 15.3. The molecule has 0 amide bonds. The molecule has 1 aromatic rings. The summed E-state index contributed by atoms with van der Waals surface area (Å²) in [6, 6.07) is 0. The Morgan fingerprint density at radius 1 is 1.27 bits per heavy atom. The molecule has 0 aliphatic carbocycles. The normalized spacial score (nSPS) is 17.5. The maximum absolute atomic E-state index is 4.61. The third kappa shape index (κ3) is 2.06. The molecule has 0 fully saturated rings. The first-order chi connectivity index (χ1) is 7.22. The molecule has 2 heterocycles. The first kappa shape index (κ1) is 10.6. The lowest BCUT2D eigenvalue weighted by Crippen LogP contribution is -2.21. The predicted octanol–water partition coefficient (Wildman–Crippen LogP) is 0.170. The predicted molar refractivity (Wildman–Crippen MR) is 60.9 cm³/mol. The van der Waals surface area contributed by atoms with E-state index in [-0.39, 0.29) is 0 Å². The van der Waals surface area contributed by atoms with E-state index >= 15 is 0 Å². The maximum Gasteiger partial charge on any atom is 0.0673 e. The van der Waals surface area contributed by atoms with E-state index in [2.05, 4.69) is 22.4 Å². The van der Waals surface area contributed by atoms with Gasteiger partial charge in [-0.15, -0.1) is 0 Å². The molecule has 1 N–H and O–H groups in total. The van der Waals surface area contributed by atoms with Crippen molar-refractivity contribution < 1.29 is 0 Å². The second-order valence-electron chi connectivity index (χ2n) is 4.33. The average molecular weight is 208 g/mol. The van der Waals surface area contributed by atoms with Crippen LogP contribution < -0.4 is 5.32 Å². The van der Waals surface area contributed by atoms with Crippen LogP contribution in [0.5, 0.6) is 0 Å².